The van der Waals surface area contributed by atoms with Gasteiger partial charge in [-0.2, -0.15) is 0 Å². The van der Waals surface area contributed by atoms with Crippen LogP contribution in [0.2, 0.25) is 5.02 Å². The summed E-state index contributed by atoms with van der Waals surface area (Å²) in [7, 11) is 0. The summed E-state index contributed by atoms with van der Waals surface area (Å²) in [6.45, 7) is 3.52. The summed E-state index contributed by atoms with van der Waals surface area (Å²) in [5.41, 5.74) is -0.0543. The maximum atomic E-state index is 12.9. The lowest BCUT2D eigenvalue weighted by molar-refractivity contribution is -0.137. The van der Waals surface area contributed by atoms with Crippen molar-refractivity contribution >= 4 is 29.4 Å². The van der Waals surface area contributed by atoms with Gasteiger partial charge in [-0.1, -0.05) is 49.6 Å². The van der Waals surface area contributed by atoms with E-state index >= 15 is 0 Å². The molecular formula is C19H24ClN3O3. The molecule has 1 saturated carbocycles. The third-order valence-corrected chi connectivity index (χ3v) is 5.90. The van der Waals surface area contributed by atoms with E-state index in [-0.39, 0.29) is 30.3 Å². The molecule has 3 atom stereocenters. The number of hydrogen-bond donors (Lipinski definition) is 2. The highest BCUT2D eigenvalue weighted by molar-refractivity contribution is 6.31. The zero-order valence-electron chi connectivity index (χ0n) is 15.0. The molecule has 6 nitrogen and oxygen atoms in total. The van der Waals surface area contributed by atoms with Crippen molar-refractivity contribution in [1.29, 1.82) is 0 Å². The third-order valence-electron chi connectivity index (χ3n) is 5.55. The Kier molecular flexibility index (Phi) is 5.23. The quantitative estimate of drug-likeness (QED) is 0.791. The molecule has 0 unspecified atom stereocenters. The molecule has 1 aromatic carbocycles. The second-order valence-corrected chi connectivity index (χ2v) is 7.66. The van der Waals surface area contributed by atoms with Gasteiger partial charge in [0.2, 0.25) is 5.91 Å². The van der Waals surface area contributed by atoms with E-state index in [1.54, 1.807) is 6.07 Å². The molecule has 2 N–H and O–H groups in total. The molecule has 0 radical (unpaired) electrons. The number of amides is 4. The second kappa shape index (κ2) is 7.27. The Hall–Kier alpha value is -2.08. The molecule has 4 amide bonds. The summed E-state index contributed by atoms with van der Waals surface area (Å²) in [6.07, 6.45) is 3.49. The molecule has 3 rings (SSSR count). The number of nitrogens with one attached hydrogen (secondary N) is 2. The van der Waals surface area contributed by atoms with Crippen LogP contribution in [0.1, 0.15) is 51.1 Å². The minimum Gasteiger partial charge on any atom is -0.348 e. The number of hydrogen-bond acceptors (Lipinski definition) is 3. The van der Waals surface area contributed by atoms with E-state index < -0.39 is 11.6 Å². The molecule has 7 heteroatoms. The fourth-order valence-electron chi connectivity index (χ4n) is 3.97. The molecule has 1 heterocycles. The molecule has 2 fully saturated rings. The molecule has 140 valence electrons. The number of benzene rings is 1. The van der Waals surface area contributed by atoms with Crippen LogP contribution in [-0.4, -0.2) is 34.8 Å². The Morgan fingerprint density at radius 2 is 2.12 bits per heavy atom. The smallest absolute Gasteiger partial charge is 0.325 e. The maximum Gasteiger partial charge on any atom is 0.325 e. The Bertz CT molecular complexity index is 738. The lowest BCUT2D eigenvalue weighted by Gasteiger charge is -2.36. The fraction of sp³-hybridized carbons (Fsp3) is 0.526. The van der Waals surface area contributed by atoms with Crippen molar-refractivity contribution in [3.63, 3.8) is 0 Å². The summed E-state index contributed by atoms with van der Waals surface area (Å²) in [6, 6.07) is 6.45. The van der Waals surface area contributed by atoms with Crippen LogP contribution < -0.4 is 10.6 Å². The zero-order chi connectivity index (χ0) is 18.9. The summed E-state index contributed by atoms with van der Waals surface area (Å²) in [5, 5.41) is 6.23. The normalized spacial score (nSPS) is 26.7. The van der Waals surface area contributed by atoms with Gasteiger partial charge in [-0.25, -0.2) is 4.79 Å². The minimum absolute atomic E-state index is 0.0720. The first-order valence-electron chi connectivity index (χ1n) is 9.03. The van der Waals surface area contributed by atoms with Gasteiger partial charge in [0.25, 0.3) is 5.91 Å². The molecule has 0 bridgehead atoms. The molecule has 1 saturated heterocycles. The Labute approximate surface area is 158 Å². The minimum atomic E-state index is -0.843. The van der Waals surface area contributed by atoms with Crippen molar-refractivity contribution in [1.82, 2.24) is 15.5 Å². The lowest BCUT2D eigenvalue weighted by Crippen LogP contribution is -2.54. The first-order chi connectivity index (χ1) is 12.3. The number of carbonyl (C=O) groups is 3. The standard InChI is InChI=1S/C19H24ClN3O3/c1-12-7-5-6-10-19(12)17(25)23(18(26)22-19)11-16(24)21-13(2)14-8-3-4-9-15(14)20/h3-4,8-9,12-13H,5-7,10-11H2,1-2H3,(H,21,24)(H,22,26)/t12-,13+,19-/m1/s1. The fourth-order valence-corrected chi connectivity index (χ4v) is 4.27. The summed E-state index contributed by atoms with van der Waals surface area (Å²) in [5.74, 6) is -0.598. The number of carbonyl (C=O) groups excluding carboxylic acids is 3. The van der Waals surface area contributed by atoms with E-state index in [1.165, 1.54) is 0 Å². The average Bonchev–Trinajstić information content (AvgIpc) is 2.83. The van der Waals surface area contributed by atoms with Gasteiger partial charge in [-0.15, -0.1) is 0 Å². The summed E-state index contributed by atoms with van der Waals surface area (Å²) in [4.78, 5) is 38.7. The van der Waals surface area contributed by atoms with Crippen LogP contribution in [0.25, 0.3) is 0 Å². The largest absolute Gasteiger partial charge is 0.348 e. The molecular weight excluding hydrogens is 354 g/mol. The van der Waals surface area contributed by atoms with Gasteiger partial charge in [0.1, 0.15) is 12.1 Å². The topological polar surface area (TPSA) is 78.5 Å². The molecule has 26 heavy (non-hydrogen) atoms. The predicted molar refractivity (Wildman–Crippen MR) is 98.6 cm³/mol. The molecule has 2 aliphatic rings. The lowest BCUT2D eigenvalue weighted by atomic mass is 9.73. The first kappa shape index (κ1) is 18.7. The van der Waals surface area contributed by atoms with Gasteiger partial charge in [0.15, 0.2) is 0 Å². The SMILES string of the molecule is C[C@H](NC(=O)CN1C(=O)N[C@@]2(CCCC[C@H]2C)C1=O)c1ccccc1Cl. The molecule has 1 spiro atoms. The highest BCUT2D eigenvalue weighted by atomic mass is 35.5. The van der Waals surface area contributed by atoms with Crippen molar-refractivity contribution in [2.24, 2.45) is 5.92 Å². The summed E-state index contributed by atoms with van der Waals surface area (Å²) >= 11 is 6.15. The van der Waals surface area contributed by atoms with Gasteiger partial charge < -0.3 is 10.6 Å². The van der Waals surface area contributed by atoms with Crippen LogP contribution in [-0.2, 0) is 9.59 Å². The van der Waals surface area contributed by atoms with Crippen molar-refractivity contribution in [3.8, 4) is 0 Å². The van der Waals surface area contributed by atoms with Crippen LogP contribution in [0.3, 0.4) is 0 Å². The van der Waals surface area contributed by atoms with Crippen LogP contribution >= 0.6 is 11.6 Å². The highest BCUT2D eigenvalue weighted by Gasteiger charge is 2.55. The molecule has 1 aliphatic heterocycles. The van der Waals surface area contributed by atoms with Crippen molar-refractivity contribution in [3.05, 3.63) is 34.9 Å². The van der Waals surface area contributed by atoms with Gasteiger partial charge >= 0.3 is 6.03 Å². The van der Waals surface area contributed by atoms with Gasteiger partial charge in [-0.05, 0) is 37.3 Å². The van der Waals surface area contributed by atoms with E-state index in [0.717, 1.165) is 29.7 Å². The Morgan fingerprint density at radius 3 is 2.81 bits per heavy atom. The van der Waals surface area contributed by atoms with Crippen molar-refractivity contribution < 1.29 is 14.4 Å². The van der Waals surface area contributed by atoms with E-state index in [1.807, 2.05) is 32.0 Å². The number of halogens is 1. The zero-order valence-corrected chi connectivity index (χ0v) is 15.8. The number of imide groups is 1. The number of urea groups is 1. The van der Waals surface area contributed by atoms with Gasteiger partial charge in [-0.3, -0.25) is 14.5 Å². The van der Waals surface area contributed by atoms with E-state index in [9.17, 15) is 14.4 Å². The van der Waals surface area contributed by atoms with Crippen LogP contribution in [0.4, 0.5) is 4.79 Å². The maximum absolute atomic E-state index is 12.9. The Balaban J connectivity index is 1.67. The molecule has 1 aromatic rings. The number of nitrogens with zero attached hydrogens (tertiary/aromatic N) is 1. The van der Waals surface area contributed by atoms with E-state index in [2.05, 4.69) is 10.6 Å². The van der Waals surface area contributed by atoms with Crippen LogP contribution in [0, 0.1) is 5.92 Å². The van der Waals surface area contributed by atoms with Crippen LogP contribution in [0.5, 0.6) is 0 Å². The third kappa shape index (κ3) is 3.30. The van der Waals surface area contributed by atoms with Gasteiger partial charge in [0.05, 0.1) is 6.04 Å². The van der Waals surface area contributed by atoms with E-state index in [4.69, 9.17) is 11.6 Å². The predicted octanol–water partition coefficient (Wildman–Crippen LogP) is 3.02. The number of rotatable bonds is 4. The summed E-state index contributed by atoms with van der Waals surface area (Å²) < 4.78 is 0. The molecule has 1 aliphatic carbocycles. The van der Waals surface area contributed by atoms with E-state index in [0.29, 0.717) is 11.4 Å². The highest BCUT2D eigenvalue weighted by Crippen LogP contribution is 2.38. The van der Waals surface area contributed by atoms with Crippen molar-refractivity contribution in [2.75, 3.05) is 6.54 Å². The van der Waals surface area contributed by atoms with Crippen molar-refractivity contribution in [2.45, 2.75) is 51.1 Å². The second-order valence-electron chi connectivity index (χ2n) is 7.25. The Morgan fingerprint density at radius 1 is 1.38 bits per heavy atom. The monoisotopic (exact) mass is 377 g/mol. The molecule has 0 aromatic heterocycles. The first-order valence-corrected chi connectivity index (χ1v) is 9.41. The average molecular weight is 378 g/mol. The van der Waals surface area contributed by atoms with Gasteiger partial charge in [0, 0.05) is 5.02 Å². The van der Waals surface area contributed by atoms with Crippen LogP contribution in [0.15, 0.2) is 24.3 Å².